The summed E-state index contributed by atoms with van der Waals surface area (Å²) in [7, 11) is 0. The molecule has 1 aromatic heterocycles. The van der Waals surface area contributed by atoms with E-state index >= 15 is 0 Å². The van der Waals surface area contributed by atoms with Crippen molar-refractivity contribution in [1.82, 2.24) is 15.3 Å². The highest BCUT2D eigenvalue weighted by atomic mass is 16.1. The van der Waals surface area contributed by atoms with Gasteiger partial charge >= 0.3 is 0 Å². The quantitative estimate of drug-likeness (QED) is 0.895. The van der Waals surface area contributed by atoms with E-state index in [1.807, 2.05) is 19.9 Å². The highest BCUT2D eigenvalue weighted by molar-refractivity contribution is 5.72. The van der Waals surface area contributed by atoms with Crippen molar-refractivity contribution in [3.05, 3.63) is 17.5 Å². The summed E-state index contributed by atoms with van der Waals surface area (Å²) in [6, 6.07) is 1.99. The van der Waals surface area contributed by atoms with E-state index in [4.69, 9.17) is 0 Å². The molecule has 5 heteroatoms. The van der Waals surface area contributed by atoms with Crippen LogP contribution >= 0.6 is 0 Å². The summed E-state index contributed by atoms with van der Waals surface area (Å²) >= 11 is 0. The molecule has 2 rings (SSSR count). The molecule has 1 amide bonds. The Hall–Kier alpha value is -1.65. The van der Waals surface area contributed by atoms with Crippen molar-refractivity contribution in [1.29, 1.82) is 0 Å². The van der Waals surface area contributed by atoms with E-state index in [0.29, 0.717) is 5.92 Å². The Kier molecular flexibility index (Phi) is 4.35. The fourth-order valence-electron chi connectivity index (χ4n) is 2.55. The zero-order valence-corrected chi connectivity index (χ0v) is 11.9. The molecular weight excluding hydrogens is 240 g/mol. The number of aryl methyl sites for hydroxylation is 2. The largest absolute Gasteiger partial charge is 0.356 e. The number of nitrogens with zero attached hydrogens (tertiary/aromatic N) is 3. The Morgan fingerprint density at radius 3 is 2.74 bits per heavy atom. The fourth-order valence-corrected chi connectivity index (χ4v) is 2.55. The van der Waals surface area contributed by atoms with Crippen LogP contribution in [0.4, 0.5) is 5.95 Å². The molecule has 0 aromatic carbocycles. The van der Waals surface area contributed by atoms with E-state index in [1.165, 1.54) is 0 Å². The minimum atomic E-state index is 0.0415. The number of piperidine rings is 1. The number of carbonyl (C=O) groups is 1. The van der Waals surface area contributed by atoms with Crippen molar-refractivity contribution in [2.24, 2.45) is 5.92 Å². The average Bonchev–Trinajstić information content (AvgIpc) is 2.35. The summed E-state index contributed by atoms with van der Waals surface area (Å²) in [4.78, 5) is 22.2. The first-order valence-corrected chi connectivity index (χ1v) is 6.86. The van der Waals surface area contributed by atoms with Gasteiger partial charge in [0.2, 0.25) is 11.9 Å². The molecule has 1 N–H and O–H groups in total. The molecule has 1 fully saturated rings. The smallest absolute Gasteiger partial charge is 0.225 e. The number of anilines is 1. The summed E-state index contributed by atoms with van der Waals surface area (Å²) in [5.41, 5.74) is 2.01. The number of amides is 1. The molecule has 0 radical (unpaired) electrons. The molecule has 104 valence electrons. The monoisotopic (exact) mass is 262 g/mol. The third kappa shape index (κ3) is 3.91. The number of rotatable bonds is 3. The summed E-state index contributed by atoms with van der Waals surface area (Å²) in [6.45, 7) is 8.22. The molecule has 1 aliphatic rings. The number of carbonyl (C=O) groups excluding carboxylic acids is 1. The van der Waals surface area contributed by atoms with Crippen LogP contribution in [0, 0.1) is 19.8 Å². The second-order valence-electron chi connectivity index (χ2n) is 5.34. The molecule has 1 aliphatic heterocycles. The second-order valence-corrected chi connectivity index (χ2v) is 5.34. The van der Waals surface area contributed by atoms with Gasteiger partial charge < -0.3 is 10.2 Å². The van der Waals surface area contributed by atoms with Gasteiger partial charge in [0.05, 0.1) is 0 Å². The first-order valence-electron chi connectivity index (χ1n) is 6.86. The molecule has 1 aromatic rings. The molecule has 19 heavy (non-hydrogen) atoms. The third-order valence-electron chi connectivity index (χ3n) is 3.41. The Balaban J connectivity index is 2.02. The number of hydrogen-bond donors (Lipinski definition) is 1. The molecule has 5 nitrogen and oxygen atoms in total. The van der Waals surface area contributed by atoms with Crippen molar-refractivity contribution in [2.45, 2.75) is 33.6 Å². The molecule has 1 atom stereocenters. The predicted molar refractivity (Wildman–Crippen MR) is 75.1 cm³/mol. The maximum absolute atomic E-state index is 11.0. The van der Waals surface area contributed by atoms with Gasteiger partial charge in [0.25, 0.3) is 0 Å². The van der Waals surface area contributed by atoms with Crippen LogP contribution < -0.4 is 10.2 Å². The first kappa shape index (κ1) is 13.8. The molecule has 1 unspecified atom stereocenters. The standard InChI is InChI=1S/C14H22N4O/c1-10-7-11(2)17-14(16-10)18-6-4-5-13(9-18)8-15-12(3)19/h7,13H,4-6,8-9H2,1-3H3,(H,15,19). The van der Waals surface area contributed by atoms with Gasteiger partial charge in [0.15, 0.2) is 0 Å². The van der Waals surface area contributed by atoms with Gasteiger partial charge in [-0.25, -0.2) is 9.97 Å². The number of hydrogen-bond acceptors (Lipinski definition) is 4. The highest BCUT2D eigenvalue weighted by Gasteiger charge is 2.22. The molecule has 0 spiro atoms. The SMILES string of the molecule is CC(=O)NCC1CCCN(c2nc(C)cc(C)n2)C1. The van der Waals surface area contributed by atoms with Crippen molar-refractivity contribution < 1.29 is 4.79 Å². The van der Waals surface area contributed by atoms with Gasteiger partial charge in [0.1, 0.15) is 0 Å². The molecule has 0 bridgehead atoms. The molecular formula is C14H22N4O. The summed E-state index contributed by atoms with van der Waals surface area (Å²) in [5.74, 6) is 1.35. The summed E-state index contributed by atoms with van der Waals surface area (Å²) < 4.78 is 0. The van der Waals surface area contributed by atoms with E-state index < -0.39 is 0 Å². The van der Waals surface area contributed by atoms with E-state index in [0.717, 1.165) is 49.8 Å². The van der Waals surface area contributed by atoms with E-state index in [9.17, 15) is 4.79 Å². The van der Waals surface area contributed by atoms with Gasteiger partial charge in [-0.05, 0) is 38.7 Å². The van der Waals surface area contributed by atoms with Crippen LogP contribution in [0.3, 0.4) is 0 Å². The second kappa shape index (κ2) is 5.99. The van der Waals surface area contributed by atoms with Gasteiger partial charge in [-0.15, -0.1) is 0 Å². The first-order chi connectivity index (χ1) is 9.04. The lowest BCUT2D eigenvalue weighted by molar-refractivity contribution is -0.119. The van der Waals surface area contributed by atoms with E-state index in [-0.39, 0.29) is 5.91 Å². The van der Waals surface area contributed by atoms with Crippen LogP contribution in [-0.2, 0) is 4.79 Å². The van der Waals surface area contributed by atoms with Crippen LogP contribution in [-0.4, -0.2) is 35.5 Å². The van der Waals surface area contributed by atoms with Crippen molar-refractivity contribution in [2.75, 3.05) is 24.5 Å². The van der Waals surface area contributed by atoms with Crippen LogP contribution in [0.15, 0.2) is 6.07 Å². The zero-order valence-electron chi connectivity index (χ0n) is 11.9. The molecule has 2 heterocycles. The van der Waals surface area contributed by atoms with E-state index in [1.54, 1.807) is 6.92 Å². The predicted octanol–water partition coefficient (Wildman–Crippen LogP) is 1.45. The lowest BCUT2D eigenvalue weighted by atomic mass is 9.98. The summed E-state index contributed by atoms with van der Waals surface area (Å²) in [6.07, 6.45) is 2.28. The fraction of sp³-hybridized carbons (Fsp3) is 0.643. The highest BCUT2D eigenvalue weighted by Crippen LogP contribution is 2.20. The van der Waals surface area contributed by atoms with Gasteiger partial charge in [-0.2, -0.15) is 0 Å². The van der Waals surface area contributed by atoms with Gasteiger partial charge in [-0.1, -0.05) is 0 Å². The number of nitrogens with one attached hydrogen (secondary N) is 1. The maximum Gasteiger partial charge on any atom is 0.225 e. The average molecular weight is 262 g/mol. The molecule has 1 saturated heterocycles. The van der Waals surface area contributed by atoms with Crippen molar-refractivity contribution in [3.63, 3.8) is 0 Å². The summed E-state index contributed by atoms with van der Waals surface area (Å²) in [5, 5.41) is 2.90. The molecule has 0 aliphatic carbocycles. The Morgan fingerprint density at radius 1 is 1.42 bits per heavy atom. The zero-order chi connectivity index (χ0) is 13.8. The Labute approximate surface area is 114 Å². The lowest BCUT2D eigenvalue weighted by Gasteiger charge is -2.33. The van der Waals surface area contributed by atoms with Gasteiger partial charge in [0, 0.05) is 37.9 Å². The molecule has 0 saturated carbocycles. The lowest BCUT2D eigenvalue weighted by Crippen LogP contribution is -2.41. The topological polar surface area (TPSA) is 58.1 Å². The van der Waals surface area contributed by atoms with Crippen LogP contribution in [0.2, 0.25) is 0 Å². The third-order valence-corrected chi connectivity index (χ3v) is 3.41. The minimum Gasteiger partial charge on any atom is -0.356 e. The van der Waals surface area contributed by atoms with Crippen LogP contribution in [0.25, 0.3) is 0 Å². The van der Waals surface area contributed by atoms with E-state index in [2.05, 4.69) is 20.2 Å². The Bertz CT molecular complexity index is 441. The van der Waals surface area contributed by atoms with Crippen LogP contribution in [0.5, 0.6) is 0 Å². The van der Waals surface area contributed by atoms with Crippen molar-refractivity contribution >= 4 is 11.9 Å². The van der Waals surface area contributed by atoms with Gasteiger partial charge in [-0.3, -0.25) is 4.79 Å². The maximum atomic E-state index is 11.0. The van der Waals surface area contributed by atoms with Crippen LogP contribution in [0.1, 0.15) is 31.2 Å². The van der Waals surface area contributed by atoms with Crippen molar-refractivity contribution in [3.8, 4) is 0 Å². The Morgan fingerprint density at radius 2 is 2.11 bits per heavy atom. The normalized spacial score (nSPS) is 19.3. The number of aromatic nitrogens is 2. The minimum absolute atomic E-state index is 0.0415.